The van der Waals surface area contributed by atoms with Crippen molar-refractivity contribution in [1.82, 2.24) is 5.32 Å². The highest BCUT2D eigenvalue weighted by Gasteiger charge is 2.26. The Kier molecular flexibility index (Phi) is 3.68. The molecule has 1 aliphatic rings. The fourth-order valence-corrected chi connectivity index (χ4v) is 2.52. The Morgan fingerprint density at radius 1 is 1.61 bits per heavy atom. The van der Waals surface area contributed by atoms with E-state index in [-0.39, 0.29) is 23.0 Å². The van der Waals surface area contributed by atoms with E-state index in [1.165, 1.54) is 18.2 Å². The Morgan fingerprint density at radius 3 is 3.00 bits per heavy atom. The molecule has 0 spiro atoms. The van der Waals surface area contributed by atoms with Crippen LogP contribution in [0.5, 0.6) is 5.75 Å². The molecule has 1 atom stereocenters. The number of phenols is 1. The molecule has 1 unspecified atom stereocenters. The summed E-state index contributed by atoms with van der Waals surface area (Å²) in [6, 6.07) is 3.48. The number of aromatic hydroxyl groups is 1. The maximum Gasteiger partial charge on any atom is 0.296 e. The summed E-state index contributed by atoms with van der Waals surface area (Å²) >= 11 is 1.57. The average molecular weight is 269 g/mol. The number of anilines is 1. The number of nitrogens with one attached hydrogen (secondary N) is 2. The van der Waals surface area contributed by atoms with Crippen molar-refractivity contribution in [3.8, 4) is 5.75 Å². The molecule has 18 heavy (non-hydrogen) atoms. The Bertz CT molecular complexity index is 488. The van der Waals surface area contributed by atoms with Crippen molar-refractivity contribution in [3.63, 3.8) is 0 Å². The van der Waals surface area contributed by atoms with Gasteiger partial charge in [-0.1, -0.05) is 6.07 Å². The first kappa shape index (κ1) is 12.7. The topological polar surface area (TPSA) is 104 Å². The van der Waals surface area contributed by atoms with E-state index in [9.17, 15) is 20.0 Å². The van der Waals surface area contributed by atoms with Crippen molar-refractivity contribution >= 4 is 29.0 Å². The number of carbonyl (C=O) groups excluding carboxylic acids is 1. The van der Waals surface area contributed by atoms with Crippen LogP contribution >= 0.6 is 11.8 Å². The van der Waals surface area contributed by atoms with E-state index >= 15 is 0 Å². The minimum Gasteiger partial charge on any atom is -0.505 e. The zero-order valence-corrected chi connectivity index (χ0v) is 10.1. The summed E-state index contributed by atoms with van der Waals surface area (Å²) < 4.78 is 0. The molecule has 1 amide bonds. The second-order valence-electron chi connectivity index (χ2n) is 3.69. The number of para-hydroxylation sites is 1. The van der Waals surface area contributed by atoms with Crippen molar-refractivity contribution in [2.45, 2.75) is 6.04 Å². The zero-order valence-electron chi connectivity index (χ0n) is 9.25. The fourth-order valence-electron chi connectivity index (χ4n) is 1.58. The first-order valence-electron chi connectivity index (χ1n) is 5.18. The third-order valence-corrected chi connectivity index (χ3v) is 3.44. The quantitative estimate of drug-likeness (QED) is 0.428. The lowest BCUT2D eigenvalue weighted by Gasteiger charge is -2.11. The van der Waals surface area contributed by atoms with Gasteiger partial charge in [0, 0.05) is 17.7 Å². The second-order valence-corrected chi connectivity index (χ2v) is 4.72. The Hall–Kier alpha value is -1.80. The highest BCUT2D eigenvalue weighted by Crippen LogP contribution is 2.33. The molecule has 1 saturated heterocycles. The monoisotopic (exact) mass is 269 g/mol. The molecule has 0 radical (unpaired) electrons. The smallest absolute Gasteiger partial charge is 0.296 e. The van der Waals surface area contributed by atoms with Gasteiger partial charge in [-0.3, -0.25) is 20.2 Å². The summed E-state index contributed by atoms with van der Waals surface area (Å²) in [5, 5.41) is 25.7. The molecule has 0 aromatic heterocycles. The van der Waals surface area contributed by atoms with E-state index in [1.807, 2.05) is 0 Å². The van der Waals surface area contributed by atoms with E-state index in [0.717, 1.165) is 0 Å². The Morgan fingerprint density at radius 2 is 2.39 bits per heavy atom. The normalized spacial score (nSPS) is 18.6. The predicted octanol–water partition coefficient (Wildman–Crippen LogP) is 0.901. The minimum absolute atomic E-state index is 0.161. The van der Waals surface area contributed by atoms with Gasteiger partial charge in [-0.15, -0.1) is 11.8 Å². The lowest BCUT2D eigenvalue weighted by Crippen LogP contribution is -2.37. The van der Waals surface area contributed by atoms with Gasteiger partial charge in [0.15, 0.2) is 5.69 Å². The van der Waals surface area contributed by atoms with Crippen molar-refractivity contribution in [1.29, 1.82) is 0 Å². The molecule has 0 saturated carbocycles. The molecular weight excluding hydrogens is 258 g/mol. The van der Waals surface area contributed by atoms with Crippen LogP contribution in [0.4, 0.5) is 11.4 Å². The fraction of sp³-hybridized carbons (Fsp3) is 0.300. The van der Waals surface area contributed by atoms with Gasteiger partial charge in [0.05, 0.1) is 11.0 Å². The van der Waals surface area contributed by atoms with Gasteiger partial charge in [-0.25, -0.2) is 0 Å². The lowest BCUT2D eigenvalue weighted by atomic mass is 10.2. The number of nitro groups is 1. The lowest BCUT2D eigenvalue weighted by molar-refractivity contribution is -0.384. The number of rotatable bonds is 3. The third kappa shape index (κ3) is 2.54. The van der Waals surface area contributed by atoms with Gasteiger partial charge in [0.1, 0.15) is 5.75 Å². The van der Waals surface area contributed by atoms with Crippen LogP contribution in [0.25, 0.3) is 0 Å². The van der Waals surface area contributed by atoms with E-state index in [4.69, 9.17) is 0 Å². The molecule has 1 fully saturated rings. The summed E-state index contributed by atoms with van der Waals surface area (Å²) in [4.78, 5) is 22.0. The predicted molar refractivity (Wildman–Crippen MR) is 67.6 cm³/mol. The van der Waals surface area contributed by atoms with Gasteiger partial charge in [0.2, 0.25) is 5.91 Å². The van der Waals surface area contributed by atoms with Crippen molar-refractivity contribution in [3.05, 3.63) is 28.3 Å². The van der Waals surface area contributed by atoms with Crippen LogP contribution in [0.15, 0.2) is 18.2 Å². The van der Waals surface area contributed by atoms with E-state index in [1.54, 1.807) is 11.8 Å². The average Bonchev–Trinajstić information content (AvgIpc) is 2.85. The van der Waals surface area contributed by atoms with Crippen LogP contribution in [-0.4, -0.2) is 33.6 Å². The molecule has 1 aromatic carbocycles. The van der Waals surface area contributed by atoms with Crippen LogP contribution in [0.1, 0.15) is 0 Å². The number of benzene rings is 1. The third-order valence-electron chi connectivity index (χ3n) is 2.50. The SMILES string of the molecule is O=C(Nc1c(O)cccc1[N+](=O)[O-])C1CSCN1. The number of thioether (sulfide) groups is 1. The maximum absolute atomic E-state index is 11.8. The molecule has 0 bridgehead atoms. The molecular formula is C10H11N3O4S. The number of nitro benzene ring substituents is 1. The summed E-state index contributed by atoms with van der Waals surface area (Å²) in [7, 11) is 0. The Labute approximate surface area is 107 Å². The Balaban J connectivity index is 2.22. The number of hydrogen-bond donors (Lipinski definition) is 3. The number of nitrogens with zero attached hydrogens (tertiary/aromatic N) is 1. The number of carbonyl (C=O) groups is 1. The van der Waals surface area contributed by atoms with Crippen LogP contribution in [0.2, 0.25) is 0 Å². The molecule has 3 N–H and O–H groups in total. The van der Waals surface area contributed by atoms with Crippen LogP contribution in [-0.2, 0) is 4.79 Å². The molecule has 2 rings (SSSR count). The largest absolute Gasteiger partial charge is 0.505 e. The maximum atomic E-state index is 11.8. The second kappa shape index (κ2) is 5.23. The summed E-state index contributed by atoms with van der Waals surface area (Å²) in [5.74, 6) is 0.571. The molecule has 1 aromatic rings. The van der Waals surface area contributed by atoms with Crippen LogP contribution < -0.4 is 10.6 Å². The van der Waals surface area contributed by atoms with E-state index in [2.05, 4.69) is 10.6 Å². The number of amides is 1. The zero-order chi connectivity index (χ0) is 13.1. The standard InChI is InChI=1S/C10H11N3O4S/c14-8-3-1-2-7(13(16)17)9(8)12-10(15)6-4-18-5-11-6/h1-3,6,11,14H,4-5H2,(H,12,15). The summed E-state index contributed by atoms with van der Waals surface area (Å²) in [5.41, 5.74) is -0.486. The highest BCUT2D eigenvalue weighted by molar-refractivity contribution is 7.99. The van der Waals surface area contributed by atoms with Gasteiger partial charge >= 0.3 is 0 Å². The van der Waals surface area contributed by atoms with Crippen molar-refractivity contribution in [2.24, 2.45) is 0 Å². The van der Waals surface area contributed by atoms with Gasteiger partial charge in [-0.05, 0) is 6.07 Å². The van der Waals surface area contributed by atoms with Crippen LogP contribution in [0.3, 0.4) is 0 Å². The van der Waals surface area contributed by atoms with Crippen molar-refractivity contribution < 1.29 is 14.8 Å². The molecule has 7 nitrogen and oxygen atoms in total. The molecule has 8 heteroatoms. The first-order chi connectivity index (χ1) is 8.59. The molecule has 96 valence electrons. The van der Waals surface area contributed by atoms with Gasteiger partial charge in [0.25, 0.3) is 5.69 Å². The summed E-state index contributed by atoms with van der Waals surface area (Å²) in [6.07, 6.45) is 0. The number of phenolic OH excluding ortho intramolecular Hbond substituents is 1. The molecule has 1 heterocycles. The van der Waals surface area contributed by atoms with E-state index in [0.29, 0.717) is 11.6 Å². The first-order valence-corrected chi connectivity index (χ1v) is 6.33. The van der Waals surface area contributed by atoms with Gasteiger partial charge < -0.3 is 10.4 Å². The molecule has 0 aliphatic carbocycles. The van der Waals surface area contributed by atoms with E-state index < -0.39 is 11.0 Å². The summed E-state index contributed by atoms with van der Waals surface area (Å²) in [6.45, 7) is 0. The minimum atomic E-state index is -0.647. The van der Waals surface area contributed by atoms with Crippen LogP contribution in [0, 0.1) is 10.1 Å². The number of hydrogen-bond acceptors (Lipinski definition) is 6. The highest BCUT2D eigenvalue weighted by atomic mass is 32.2. The molecule has 1 aliphatic heterocycles. The van der Waals surface area contributed by atoms with Crippen molar-refractivity contribution in [2.75, 3.05) is 16.9 Å². The van der Waals surface area contributed by atoms with Gasteiger partial charge in [-0.2, -0.15) is 0 Å².